The molecule has 1 amide bonds. The molecule has 0 aliphatic carbocycles. The van der Waals surface area contributed by atoms with Crippen LogP contribution in [-0.2, 0) is 9.53 Å². The Morgan fingerprint density at radius 1 is 1.67 bits per heavy atom. The Kier molecular flexibility index (Phi) is 4.56. The van der Waals surface area contributed by atoms with Gasteiger partial charge in [-0.1, -0.05) is 0 Å². The Labute approximate surface area is 88.6 Å². The topological polar surface area (TPSA) is 77.2 Å². The number of nitrogens with zero attached hydrogens (tertiary/aromatic N) is 1. The summed E-state index contributed by atoms with van der Waals surface area (Å²) < 4.78 is 4.85. The second-order valence-electron chi connectivity index (χ2n) is 3.11. The summed E-state index contributed by atoms with van der Waals surface area (Å²) in [5.74, 6) is -0.0649. The van der Waals surface area contributed by atoms with Crippen LogP contribution in [0.25, 0.3) is 0 Å². The van der Waals surface area contributed by atoms with Crippen molar-refractivity contribution in [1.82, 2.24) is 4.98 Å². The molecule has 5 heteroatoms. The maximum absolute atomic E-state index is 11.4. The van der Waals surface area contributed by atoms with Crippen LogP contribution in [-0.4, -0.2) is 24.6 Å². The predicted molar refractivity (Wildman–Crippen MR) is 58.4 cm³/mol. The number of amides is 1. The number of nitrogens with two attached hydrogens (primary N) is 1. The summed E-state index contributed by atoms with van der Waals surface area (Å²) in [4.78, 5) is 15.2. The van der Waals surface area contributed by atoms with Gasteiger partial charge >= 0.3 is 0 Å². The van der Waals surface area contributed by atoms with E-state index in [1.54, 1.807) is 19.4 Å². The molecular weight excluding hydrogens is 194 g/mol. The normalized spacial score (nSPS) is 9.93. The molecule has 0 spiro atoms. The Morgan fingerprint density at radius 2 is 2.47 bits per heavy atom. The van der Waals surface area contributed by atoms with Gasteiger partial charge in [-0.25, -0.2) is 0 Å². The molecule has 5 nitrogen and oxygen atoms in total. The van der Waals surface area contributed by atoms with Gasteiger partial charge in [-0.3, -0.25) is 9.78 Å². The number of methoxy groups -OCH3 is 1. The minimum Gasteiger partial charge on any atom is -0.396 e. The number of ether oxygens (including phenoxy) is 1. The van der Waals surface area contributed by atoms with Gasteiger partial charge in [-0.15, -0.1) is 0 Å². The first-order valence-electron chi connectivity index (χ1n) is 4.72. The number of carbonyl (C=O) groups excluding carboxylic acids is 1. The summed E-state index contributed by atoms with van der Waals surface area (Å²) in [5, 5.41) is 2.71. The van der Waals surface area contributed by atoms with Crippen molar-refractivity contribution in [2.24, 2.45) is 0 Å². The number of nitrogen functional groups attached to an aromatic ring is 1. The van der Waals surface area contributed by atoms with E-state index in [9.17, 15) is 4.79 Å². The first kappa shape index (κ1) is 11.5. The Balaban J connectivity index is 2.41. The molecule has 1 aromatic heterocycles. The van der Waals surface area contributed by atoms with E-state index in [2.05, 4.69) is 10.3 Å². The lowest BCUT2D eigenvalue weighted by Crippen LogP contribution is -2.13. The van der Waals surface area contributed by atoms with Crippen molar-refractivity contribution >= 4 is 17.3 Å². The maximum atomic E-state index is 11.4. The molecule has 0 aliphatic rings. The van der Waals surface area contributed by atoms with Crippen LogP contribution in [0.1, 0.15) is 12.8 Å². The van der Waals surface area contributed by atoms with Crippen molar-refractivity contribution in [3.63, 3.8) is 0 Å². The van der Waals surface area contributed by atoms with Gasteiger partial charge in [-0.05, 0) is 12.5 Å². The monoisotopic (exact) mass is 209 g/mol. The molecule has 0 bridgehead atoms. The molecule has 15 heavy (non-hydrogen) atoms. The summed E-state index contributed by atoms with van der Waals surface area (Å²) in [5.41, 5.74) is 6.70. The standard InChI is InChI=1S/C10H15N3O2/c1-15-6-2-3-10(14)13-9-4-5-12-7-8(9)11/h4-5,7H,2-3,6,11H2,1H3,(H,12,13,14). The van der Waals surface area contributed by atoms with E-state index in [0.717, 1.165) is 0 Å². The van der Waals surface area contributed by atoms with Crippen molar-refractivity contribution in [3.8, 4) is 0 Å². The second kappa shape index (κ2) is 5.98. The van der Waals surface area contributed by atoms with E-state index >= 15 is 0 Å². The highest BCUT2D eigenvalue weighted by Crippen LogP contribution is 2.15. The van der Waals surface area contributed by atoms with E-state index in [1.165, 1.54) is 6.20 Å². The third kappa shape index (κ3) is 3.95. The van der Waals surface area contributed by atoms with Crippen LogP contribution in [0.2, 0.25) is 0 Å². The molecule has 82 valence electrons. The molecule has 0 saturated carbocycles. The number of pyridine rings is 1. The SMILES string of the molecule is COCCCC(=O)Nc1ccncc1N. The minimum atomic E-state index is -0.0649. The summed E-state index contributed by atoms with van der Waals surface area (Å²) in [6.07, 6.45) is 4.22. The van der Waals surface area contributed by atoms with E-state index in [1.807, 2.05) is 0 Å². The first-order valence-corrected chi connectivity index (χ1v) is 4.72. The molecule has 1 aromatic rings. The van der Waals surface area contributed by atoms with Crippen LogP contribution in [0.15, 0.2) is 18.5 Å². The molecule has 0 atom stereocenters. The van der Waals surface area contributed by atoms with Crippen molar-refractivity contribution in [1.29, 1.82) is 0 Å². The van der Waals surface area contributed by atoms with E-state index < -0.39 is 0 Å². The molecule has 0 aliphatic heterocycles. The predicted octanol–water partition coefficient (Wildman–Crippen LogP) is 1.03. The first-order chi connectivity index (χ1) is 7.24. The van der Waals surface area contributed by atoms with Crippen molar-refractivity contribution in [2.45, 2.75) is 12.8 Å². The molecule has 0 unspecified atom stereocenters. The van der Waals surface area contributed by atoms with Gasteiger partial charge in [0.05, 0.1) is 17.6 Å². The Morgan fingerprint density at radius 3 is 3.13 bits per heavy atom. The Hall–Kier alpha value is -1.62. The summed E-state index contributed by atoms with van der Waals surface area (Å²) in [6, 6.07) is 1.67. The van der Waals surface area contributed by atoms with Crippen LogP contribution in [0.3, 0.4) is 0 Å². The number of rotatable bonds is 5. The van der Waals surface area contributed by atoms with Crippen LogP contribution in [0, 0.1) is 0 Å². The molecule has 0 fully saturated rings. The zero-order valence-corrected chi connectivity index (χ0v) is 8.69. The van der Waals surface area contributed by atoms with Crippen LogP contribution < -0.4 is 11.1 Å². The lowest BCUT2D eigenvalue weighted by Gasteiger charge is -2.06. The third-order valence-electron chi connectivity index (χ3n) is 1.88. The van der Waals surface area contributed by atoms with Gasteiger partial charge in [0, 0.05) is 26.3 Å². The highest BCUT2D eigenvalue weighted by molar-refractivity contribution is 5.93. The van der Waals surface area contributed by atoms with Gasteiger partial charge in [0.2, 0.25) is 5.91 Å². The van der Waals surface area contributed by atoms with Crippen LogP contribution >= 0.6 is 0 Å². The number of hydrogen-bond acceptors (Lipinski definition) is 4. The number of aromatic nitrogens is 1. The lowest BCUT2D eigenvalue weighted by atomic mass is 10.3. The van der Waals surface area contributed by atoms with Crippen LogP contribution in [0.4, 0.5) is 11.4 Å². The molecular formula is C10H15N3O2. The zero-order chi connectivity index (χ0) is 11.1. The summed E-state index contributed by atoms with van der Waals surface area (Å²) in [7, 11) is 1.61. The molecule has 0 radical (unpaired) electrons. The van der Waals surface area contributed by atoms with E-state index in [4.69, 9.17) is 10.5 Å². The zero-order valence-electron chi connectivity index (χ0n) is 8.69. The Bertz CT molecular complexity index is 328. The average Bonchev–Trinajstić information content (AvgIpc) is 2.22. The summed E-state index contributed by atoms with van der Waals surface area (Å²) >= 11 is 0. The van der Waals surface area contributed by atoms with Crippen molar-refractivity contribution in [3.05, 3.63) is 18.5 Å². The smallest absolute Gasteiger partial charge is 0.224 e. The van der Waals surface area contributed by atoms with Crippen LogP contribution in [0.5, 0.6) is 0 Å². The highest BCUT2D eigenvalue weighted by atomic mass is 16.5. The number of carbonyl (C=O) groups is 1. The molecule has 3 N–H and O–H groups in total. The molecule has 0 aromatic carbocycles. The average molecular weight is 209 g/mol. The quantitative estimate of drug-likeness (QED) is 0.710. The maximum Gasteiger partial charge on any atom is 0.224 e. The van der Waals surface area contributed by atoms with Gasteiger partial charge in [0.25, 0.3) is 0 Å². The molecule has 0 saturated heterocycles. The third-order valence-corrected chi connectivity index (χ3v) is 1.88. The van der Waals surface area contributed by atoms with E-state index in [0.29, 0.717) is 30.8 Å². The van der Waals surface area contributed by atoms with Crippen molar-refractivity contribution in [2.75, 3.05) is 24.8 Å². The van der Waals surface area contributed by atoms with Gasteiger partial charge in [-0.2, -0.15) is 0 Å². The summed E-state index contributed by atoms with van der Waals surface area (Å²) in [6.45, 7) is 0.583. The fraction of sp³-hybridized carbons (Fsp3) is 0.400. The fourth-order valence-corrected chi connectivity index (χ4v) is 1.11. The number of nitrogens with one attached hydrogen (secondary N) is 1. The molecule has 1 rings (SSSR count). The highest BCUT2D eigenvalue weighted by Gasteiger charge is 2.04. The lowest BCUT2D eigenvalue weighted by molar-refractivity contribution is -0.116. The van der Waals surface area contributed by atoms with Gasteiger partial charge < -0.3 is 15.8 Å². The number of anilines is 2. The van der Waals surface area contributed by atoms with Gasteiger partial charge in [0.15, 0.2) is 0 Å². The molecule has 1 heterocycles. The largest absolute Gasteiger partial charge is 0.396 e. The van der Waals surface area contributed by atoms with Gasteiger partial charge in [0.1, 0.15) is 0 Å². The second-order valence-corrected chi connectivity index (χ2v) is 3.11. The van der Waals surface area contributed by atoms with E-state index in [-0.39, 0.29) is 5.91 Å². The fourth-order valence-electron chi connectivity index (χ4n) is 1.11. The number of hydrogen-bond donors (Lipinski definition) is 2. The van der Waals surface area contributed by atoms with Crippen molar-refractivity contribution < 1.29 is 9.53 Å². The minimum absolute atomic E-state index is 0.0649.